The fraction of sp³-hybridized carbons (Fsp3) is 0.0476. The topological polar surface area (TPSA) is 95.9 Å². The lowest BCUT2D eigenvalue weighted by molar-refractivity contribution is 0.0855. The number of pyridine rings is 1. The zero-order valence-corrected chi connectivity index (χ0v) is 14.8. The monoisotopic (exact) mass is 393 g/mol. The number of hydrogen-bond donors (Lipinski definition) is 2. The molecule has 4 aromatic rings. The Labute approximate surface area is 162 Å². The zero-order chi connectivity index (χ0) is 20.5. The highest BCUT2D eigenvalue weighted by Crippen LogP contribution is 2.27. The van der Waals surface area contributed by atoms with Gasteiger partial charge in [-0.2, -0.15) is 0 Å². The number of nitrogens with zero attached hydrogens (tertiary/aromatic N) is 2. The van der Waals surface area contributed by atoms with E-state index in [1.54, 1.807) is 24.3 Å². The van der Waals surface area contributed by atoms with Gasteiger partial charge in [0.2, 0.25) is 0 Å². The molecule has 0 saturated carbocycles. The molecule has 6 nitrogen and oxygen atoms in total. The molecule has 144 valence electrons. The van der Waals surface area contributed by atoms with Gasteiger partial charge in [-0.05, 0) is 30.3 Å². The van der Waals surface area contributed by atoms with Crippen molar-refractivity contribution in [3.63, 3.8) is 0 Å². The van der Waals surface area contributed by atoms with E-state index in [0.29, 0.717) is 17.1 Å². The Morgan fingerprint density at radius 1 is 0.931 bits per heavy atom. The molecular formula is C21H13F2N3O3. The summed E-state index contributed by atoms with van der Waals surface area (Å²) in [6.07, 6.45) is 2.33. The van der Waals surface area contributed by atoms with Gasteiger partial charge in [0.15, 0.2) is 11.6 Å². The Kier molecular flexibility index (Phi) is 4.59. The van der Waals surface area contributed by atoms with E-state index in [2.05, 4.69) is 15.0 Å². The third-order valence-corrected chi connectivity index (χ3v) is 4.36. The Morgan fingerprint density at radius 2 is 1.62 bits per heavy atom. The van der Waals surface area contributed by atoms with Gasteiger partial charge in [0, 0.05) is 23.4 Å². The van der Waals surface area contributed by atoms with Crippen LogP contribution in [-0.4, -0.2) is 31.6 Å². The minimum Gasteiger partial charge on any atom is -0.506 e. The van der Waals surface area contributed by atoms with Crippen molar-refractivity contribution in [2.24, 2.45) is 0 Å². The van der Waals surface area contributed by atoms with Crippen molar-refractivity contribution in [3.05, 3.63) is 89.5 Å². The number of H-pyrrole nitrogens is 1. The number of nitrogens with one attached hydrogen (secondary N) is 1. The van der Waals surface area contributed by atoms with E-state index in [1.165, 1.54) is 6.20 Å². The Bertz CT molecular complexity index is 1200. The Morgan fingerprint density at radius 3 is 2.31 bits per heavy atom. The Hall–Kier alpha value is -3.94. The lowest BCUT2D eigenvalue weighted by Crippen LogP contribution is -2.24. The van der Waals surface area contributed by atoms with Crippen molar-refractivity contribution >= 4 is 22.6 Å². The number of benzene rings is 2. The van der Waals surface area contributed by atoms with Gasteiger partial charge < -0.3 is 10.1 Å². The molecule has 2 aromatic carbocycles. The van der Waals surface area contributed by atoms with Crippen molar-refractivity contribution in [1.29, 1.82) is 0 Å². The SMILES string of the molecule is O=C(c1cncc(O)c1)C(C(=O)c1cc(F)cc(F)c1)c1nc2ccccc2[nH]1. The second-order valence-corrected chi connectivity index (χ2v) is 6.39. The lowest BCUT2D eigenvalue weighted by Gasteiger charge is -2.13. The fourth-order valence-corrected chi connectivity index (χ4v) is 3.07. The van der Waals surface area contributed by atoms with E-state index >= 15 is 0 Å². The highest BCUT2D eigenvalue weighted by molar-refractivity contribution is 6.19. The fourth-order valence-electron chi connectivity index (χ4n) is 3.07. The average molecular weight is 393 g/mol. The predicted octanol–water partition coefficient (Wildman–Crippen LogP) is 3.79. The van der Waals surface area contributed by atoms with E-state index in [0.717, 1.165) is 24.4 Å². The molecule has 0 radical (unpaired) electrons. The summed E-state index contributed by atoms with van der Waals surface area (Å²) in [7, 11) is 0. The number of aromatic amines is 1. The Balaban J connectivity index is 1.86. The van der Waals surface area contributed by atoms with Crippen LogP contribution in [-0.2, 0) is 0 Å². The maximum absolute atomic E-state index is 13.7. The van der Waals surface area contributed by atoms with Crippen molar-refractivity contribution in [3.8, 4) is 5.75 Å². The number of fused-ring (bicyclic) bond motifs is 1. The number of rotatable bonds is 5. The summed E-state index contributed by atoms with van der Waals surface area (Å²) >= 11 is 0. The van der Waals surface area contributed by atoms with Crippen molar-refractivity contribution in [1.82, 2.24) is 15.0 Å². The number of Topliss-reactive ketones (excluding diaryl/α,β-unsaturated/α-hetero) is 2. The van der Waals surface area contributed by atoms with Gasteiger partial charge in [-0.25, -0.2) is 13.8 Å². The van der Waals surface area contributed by atoms with E-state index in [1.807, 2.05) is 0 Å². The molecule has 0 bridgehead atoms. The number of halogens is 2. The van der Waals surface area contributed by atoms with Crippen LogP contribution in [0.1, 0.15) is 32.5 Å². The van der Waals surface area contributed by atoms with Crippen LogP contribution in [0.3, 0.4) is 0 Å². The van der Waals surface area contributed by atoms with Gasteiger partial charge in [0.1, 0.15) is 29.1 Å². The minimum atomic E-state index is -1.51. The summed E-state index contributed by atoms with van der Waals surface area (Å²) in [6.45, 7) is 0. The molecule has 0 fully saturated rings. The standard InChI is InChI=1S/C21H13F2N3O3/c22-13-5-11(6-14(23)8-13)19(28)18(20(29)12-7-15(27)10-24-9-12)21-25-16-3-1-2-4-17(16)26-21/h1-10,18,27H,(H,25,26). The molecule has 29 heavy (non-hydrogen) atoms. The molecule has 0 saturated heterocycles. The maximum atomic E-state index is 13.7. The second-order valence-electron chi connectivity index (χ2n) is 6.39. The first-order chi connectivity index (χ1) is 13.9. The van der Waals surface area contributed by atoms with Crippen molar-refractivity contribution in [2.45, 2.75) is 5.92 Å². The summed E-state index contributed by atoms with van der Waals surface area (Å²) in [5, 5.41) is 9.63. The number of imidazole rings is 1. The molecule has 8 heteroatoms. The normalized spacial score (nSPS) is 12.1. The third-order valence-electron chi connectivity index (χ3n) is 4.36. The summed E-state index contributed by atoms with van der Waals surface area (Å²) in [5.41, 5.74) is 0.759. The molecule has 2 heterocycles. The van der Waals surface area contributed by atoms with Crippen LogP contribution < -0.4 is 0 Å². The third kappa shape index (κ3) is 3.60. The molecule has 4 rings (SSSR count). The molecule has 0 aliphatic heterocycles. The highest BCUT2D eigenvalue weighted by Gasteiger charge is 2.34. The number of hydrogen-bond acceptors (Lipinski definition) is 5. The van der Waals surface area contributed by atoms with Gasteiger partial charge in [0.05, 0.1) is 17.2 Å². The second kappa shape index (κ2) is 7.23. The van der Waals surface area contributed by atoms with E-state index < -0.39 is 29.1 Å². The quantitative estimate of drug-likeness (QED) is 0.397. The van der Waals surface area contributed by atoms with E-state index in [9.17, 15) is 23.5 Å². The van der Waals surface area contributed by atoms with Crippen LogP contribution in [0.25, 0.3) is 11.0 Å². The summed E-state index contributed by atoms with van der Waals surface area (Å²) < 4.78 is 27.3. The molecule has 0 amide bonds. The predicted molar refractivity (Wildman–Crippen MR) is 99.8 cm³/mol. The molecule has 1 unspecified atom stereocenters. The number of para-hydroxylation sites is 2. The van der Waals surface area contributed by atoms with Crippen molar-refractivity contribution in [2.75, 3.05) is 0 Å². The van der Waals surface area contributed by atoms with Crippen LogP contribution >= 0.6 is 0 Å². The first-order valence-corrected chi connectivity index (χ1v) is 8.55. The molecular weight excluding hydrogens is 380 g/mol. The van der Waals surface area contributed by atoms with Crippen LogP contribution in [0, 0.1) is 11.6 Å². The van der Waals surface area contributed by atoms with Crippen LogP contribution in [0.5, 0.6) is 5.75 Å². The smallest absolute Gasteiger partial charge is 0.183 e. The molecule has 2 aromatic heterocycles. The number of carbonyl (C=O) groups excluding carboxylic acids is 2. The van der Waals surface area contributed by atoms with Gasteiger partial charge in [-0.1, -0.05) is 12.1 Å². The van der Waals surface area contributed by atoms with Gasteiger partial charge >= 0.3 is 0 Å². The van der Waals surface area contributed by atoms with Gasteiger partial charge in [0.25, 0.3) is 0 Å². The number of ketones is 2. The number of aromatic nitrogens is 3. The molecule has 0 aliphatic carbocycles. The van der Waals surface area contributed by atoms with Gasteiger partial charge in [-0.15, -0.1) is 0 Å². The number of aromatic hydroxyl groups is 1. The molecule has 2 N–H and O–H groups in total. The van der Waals surface area contributed by atoms with Crippen LogP contribution in [0.2, 0.25) is 0 Å². The molecule has 0 spiro atoms. The summed E-state index contributed by atoms with van der Waals surface area (Å²) in [5.74, 6) is -5.19. The molecule has 0 aliphatic rings. The number of carbonyl (C=O) groups is 2. The maximum Gasteiger partial charge on any atom is 0.183 e. The van der Waals surface area contributed by atoms with Gasteiger partial charge in [-0.3, -0.25) is 14.6 Å². The summed E-state index contributed by atoms with van der Waals surface area (Å²) in [4.78, 5) is 37.2. The highest BCUT2D eigenvalue weighted by atomic mass is 19.1. The largest absolute Gasteiger partial charge is 0.506 e. The lowest BCUT2D eigenvalue weighted by atomic mass is 9.89. The van der Waals surface area contributed by atoms with Crippen LogP contribution in [0.4, 0.5) is 8.78 Å². The van der Waals surface area contributed by atoms with E-state index in [-0.39, 0.29) is 22.7 Å². The summed E-state index contributed by atoms with van der Waals surface area (Å²) in [6, 6.07) is 10.4. The van der Waals surface area contributed by atoms with Crippen LogP contribution in [0.15, 0.2) is 60.9 Å². The van der Waals surface area contributed by atoms with E-state index in [4.69, 9.17) is 0 Å². The first kappa shape index (κ1) is 18.4. The minimum absolute atomic E-state index is 0.0224. The average Bonchev–Trinajstić information content (AvgIpc) is 3.10. The molecule has 1 atom stereocenters. The zero-order valence-electron chi connectivity index (χ0n) is 14.8. The van der Waals surface area contributed by atoms with Crippen molar-refractivity contribution < 1.29 is 23.5 Å². The first-order valence-electron chi connectivity index (χ1n) is 8.55.